The molecular formula is C15H12O2. The zero-order valence-corrected chi connectivity index (χ0v) is 9.51. The Morgan fingerprint density at radius 1 is 0.882 bits per heavy atom. The maximum absolute atomic E-state index is 5.92. The maximum atomic E-state index is 5.92. The Hall–Kier alpha value is -1.80. The molecule has 0 aliphatic carbocycles. The molecule has 0 amide bonds. The van der Waals surface area contributed by atoms with Gasteiger partial charge in [-0.15, -0.1) is 0 Å². The van der Waals surface area contributed by atoms with Crippen molar-refractivity contribution in [3.8, 4) is 5.75 Å². The Morgan fingerprint density at radius 2 is 1.59 bits per heavy atom. The first-order chi connectivity index (χ1) is 8.26. The van der Waals surface area contributed by atoms with Crippen LogP contribution in [0.2, 0.25) is 0 Å². The molecule has 2 unspecified atom stereocenters. The molecule has 2 nitrogen and oxygen atoms in total. The second-order valence-corrected chi connectivity index (χ2v) is 4.69. The number of fused-ring (bicyclic) bond motifs is 3. The molecule has 1 fully saturated rings. The molecule has 4 rings (SSSR count). The van der Waals surface area contributed by atoms with Gasteiger partial charge in [0.15, 0.2) is 5.60 Å². The van der Waals surface area contributed by atoms with Gasteiger partial charge in [0.2, 0.25) is 5.79 Å². The molecule has 2 atom stereocenters. The molecule has 0 radical (unpaired) electrons. The van der Waals surface area contributed by atoms with E-state index in [2.05, 4.69) is 18.2 Å². The average molecular weight is 224 g/mol. The highest BCUT2D eigenvalue weighted by Crippen LogP contribution is 2.66. The van der Waals surface area contributed by atoms with Gasteiger partial charge in [0, 0.05) is 12.5 Å². The van der Waals surface area contributed by atoms with Crippen molar-refractivity contribution in [3.63, 3.8) is 0 Å². The molecule has 0 N–H and O–H groups in total. The molecule has 0 bridgehead atoms. The van der Waals surface area contributed by atoms with Crippen molar-refractivity contribution in [1.82, 2.24) is 0 Å². The number of para-hydroxylation sites is 1. The van der Waals surface area contributed by atoms with Crippen molar-refractivity contribution in [2.45, 2.75) is 18.3 Å². The van der Waals surface area contributed by atoms with E-state index in [9.17, 15) is 0 Å². The molecule has 2 aromatic carbocycles. The zero-order chi connectivity index (χ0) is 11.5. The lowest BCUT2D eigenvalue weighted by Gasteiger charge is -2.09. The molecule has 17 heavy (non-hydrogen) atoms. The molecule has 2 aliphatic rings. The highest BCUT2D eigenvalue weighted by Gasteiger charge is 2.76. The number of hydrogen-bond acceptors (Lipinski definition) is 2. The van der Waals surface area contributed by atoms with Gasteiger partial charge in [0.05, 0.1) is 0 Å². The second-order valence-electron chi connectivity index (χ2n) is 4.69. The predicted molar refractivity (Wildman–Crippen MR) is 63.8 cm³/mol. The van der Waals surface area contributed by atoms with Crippen LogP contribution >= 0.6 is 0 Å². The molecule has 0 aromatic heterocycles. The number of benzene rings is 2. The second kappa shape index (κ2) is 2.71. The Bertz CT molecular complexity index is 593. The van der Waals surface area contributed by atoms with Gasteiger partial charge >= 0.3 is 0 Å². The van der Waals surface area contributed by atoms with Gasteiger partial charge in [0.1, 0.15) is 5.75 Å². The lowest BCUT2D eigenvalue weighted by atomic mass is 9.88. The predicted octanol–water partition coefficient (Wildman–Crippen LogP) is 3.07. The minimum Gasteiger partial charge on any atom is -0.458 e. The van der Waals surface area contributed by atoms with E-state index in [0.29, 0.717) is 0 Å². The van der Waals surface area contributed by atoms with E-state index in [1.54, 1.807) is 0 Å². The summed E-state index contributed by atoms with van der Waals surface area (Å²) in [5.41, 5.74) is 1.89. The first-order valence-electron chi connectivity index (χ1n) is 5.80. The van der Waals surface area contributed by atoms with Crippen LogP contribution in [0.5, 0.6) is 5.75 Å². The fourth-order valence-electron chi connectivity index (χ4n) is 2.86. The van der Waals surface area contributed by atoms with Gasteiger partial charge in [-0.2, -0.15) is 0 Å². The molecule has 2 aromatic rings. The summed E-state index contributed by atoms with van der Waals surface area (Å²) in [7, 11) is 0. The average Bonchev–Trinajstić information content (AvgIpc) is 2.90. The van der Waals surface area contributed by atoms with Crippen molar-refractivity contribution < 1.29 is 9.47 Å². The third-order valence-corrected chi connectivity index (χ3v) is 3.70. The SMILES string of the molecule is CC12Oc3ccccc3C1(c1ccccc1)O2. The van der Waals surface area contributed by atoms with E-state index in [4.69, 9.17) is 9.47 Å². The van der Waals surface area contributed by atoms with Crippen LogP contribution in [0.3, 0.4) is 0 Å². The highest BCUT2D eigenvalue weighted by molar-refractivity contribution is 5.55. The van der Waals surface area contributed by atoms with Gasteiger partial charge in [-0.05, 0) is 11.6 Å². The van der Waals surface area contributed by atoms with Gasteiger partial charge < -0.3 is 9.47 Å². The van der Waals surface area contributed by atoms with E-state index in [1.807, 2.05) is 43.3 Å². The van der Waals surface area contributed by atoms with Crippen molar-refractivity contribution in [1.29, 1.82) is 0 Å². The standard InChI is InChI=1S/C15H12O2/c1-14-15(17-14,11-7-3-2-4-8-11)12-9-5-6-10-13(12)16-14/h2-10H,1H3. The summed E-state index contributed by atoms with van der Waals surface area (Å²) in [5, 5.41) is 0. The third kappa shape index (κ3) is 0.949. The van der Waals surface area contributed by atoms with Crippen LogP contribution < -0.4 is 4.74 Å². The topological polar surface area (TPSA) is 21.8 Å². The van der Waals surface area contributed by atoms with Gasteiger partial charge in [-0.1, -0.05) is 48.5 Å². The summed E-state index contributed by atoms with van der Waals surface area (Å²) in [4.78, 5) is 0. The molecule has 2 heterocycles. The number of hydrogen-bond donors (Lipinski definition) is 0. The lowest BCUT2D eigenvalue weighted by molar-refractivity contribution is 0.0783. The molecule has 0 spiro atoms. The summed E-state index contributed by atoms with van der Waals surface area (Å²) in [6.45, 7) is 2.00. The first-order valence-corrected chi connectivity index (χ1v) is 5.80. The first kappa shape index (κ1) is 9.25. The van der Waals surface area contributed by atoms with E-state index >= 15 is 0 Å². The van der Waals surface area contributed by atoms with Crippen molar-refractivity contribution in [2.24, 2.45) is 0 Å². The smallest absolute Gasteiger partial charge is 0.247 e. The van der Waals surface area contributed by atoms with Crippen LogP contribution in [0.15, 0.2) is 54.6 Å². The minimum absolute atomic E-state index is 0.398. The van der Waals surface area contributed by atoms with Crippen LogP contribution in [-0.4, -0.2) is 5.79 Å². The van der Waals surface area contributed by atoms with Crippen LogP contribution in [0.25, 0.3) is 0 Å². The Balaban J connectivity index is 1.96. The van der Waals surface area contributed by atoms with Gasteiger partial charge in [-0.3, -0.25) is 0 Å². The largest absolute Gasteiger partial charge is 0.458 e. The third-order valence-electron chi connectivity index (χ3n) is 3.70. The summed E-state index contributed by atoms with van der Waals surface area (Å²) in [6.07, 6.45) is 0. The fourth-order valence-corrected chi connectivity index (χ4v) is 2.86. The molecule has 0 saturated carbocycles. The molecule has 2 heteroatoms. The van der Waals surface area contributed by atoms with E-state index in [0.717, 1.165) is 16.9 Å². The van der Waals surface area contributed by atoms with Crippen LogP contribution in [-0.2, 0) is 10.3 Å². The fraction of sp³-hybridized carbons (Fsp3) is 0.200. The summed E-state index contributed by atoms with van der Waals surface area (Å²) < 4.78 is 11.8. The van der Waals surface area contributed by atoms with E-state index in [1.165, 1.54) is 0 Å². The van der Waals surface area contributed by atoms with Crippen LogP contribution in [0.1, 0.15) is 18.1 Å². The minimum atomic E-state index is -0.530. The van der Waals surface area contributed by atoms with E-state index < -0.39 is 11.4 Å². The normalized spacial score (nSPS) is 32.5. The van der Waals surface area contributed by atoms with Crippen LogP contribution in [0, 0.1) is 0 Å². The highest BCUT2D eigenvalue weighted by atomic mass is 16.8. The van der Waals surface area contributed by atoms with Crippen LogP contribution in [0.4, 0.5) is 0 Å². The maximum Gasteiger partial charge on any atom is 0.247 e. The number of ether oxygens (including phenoxy) is 2. The molecule has 2 aliphatic heterocycles. The van der Waals surface area contributed by atoms with Crippen molar-refractivity contribution in [3.05, 3.63) is 65.7 Å². The summed E-state index contributed by atoms with van der Waals surface area (Å²) >= 11 is 0. The summed E-state index contributed by atoms with van der Waals surface area (Å²) in [6, 6.07) is 18.4. The van der Waals surface area contributed by atoms with Gasteiger partial charge in [0.25, 0.3) is 0 Å². The molecular weight excluding hydrogens is 212 g/mol. The summed E-state index contributed by atoms with van der Waals surface area (Å²) in [5.74, 6) is 0.406. The Morgan fingerprint density at radius 3 is 2.41 bits per heavy atom. The van der Waals surface area contributed by atoms with E-state index in [-0.39, 0.29) is 0 Å². The quantitative estimate of drug-likeness (QED) is 0.694. The molecule has 84 valence electrons. The lowest BCUT2D eigenvalue weighted by Crippen LogP contribution is -2.20. The van der Waals surface area contributed by atoms with Crippen molar-refractivity contribution >= 4 is 0 Å². The zero-order valence-electron chi connectivity index (χ0n) is 9.51. The molecule has 1 saturated heterocycles. The number of epoxide rings is 1. The number of rotatable bonds is 1. The Labute approximate surface area is 99.8 Å². The van der Waals surface area contributed by atoms with Crippen molar-refractivity contribution in [2.75, 3.05) is 0 Å². The van der Waals surface area contributed by atoms with Gasteiger partial charge in [-0.25, -0.2) is 0 Å². The Kier molecular flexibility index (Phi) is 1.48. The monoisotopic (exact) mass is 224 g/mol.